The first-order valence-corrected chi connectivity index (χ1v) is 8.07. The van der Waals surface area contributed by atoms with Crippen molar-refractivity contribution in [2.24, 2.45) is 0 Å². The van der Waals surface area contributed by atoms with Crippen molar-refractivity contribution in [2.75, 3.05) is 0 Å². The summed E-state index contributed by atoms with van der Waals surface area (Å²) < 4.78 is 0. The van der Waals surface area contributed by atoms with Gasteiger partial charge in [-0.2, -0.15) is 0 Å². The SMILES string of the molecule is C=CC(C)(O)CC/C=C(\C)CCC=C(C)CCC=C(C)C. The molecular formula is C20H34O. The fraction of sp³-hybridized carbons (Fsp3) is 0.600. The van der Waals surface area contributed by atoms with Crippen LogP contribution in [0.3, 0.4) is 0 Å². The van der Waals surface area contributed by atoms with Crippen molar-refractivity contribution in [3.05, 3.63) is 47.6 Å². The molecule has 1 nitrogen and oxygen atoms in total. The molecule has 0 aliphatic heterocycles. The first-order chi connectivity index (χ1) is 9.76. The minimum atomic E-state index is -0.738. The molecule has 0 saturated carbocycles. The molecule has 0 aromatic heterocycles. The second-order valence-electron chi connectivity index (χ2n) is 6.56. The van der Waals surface area contributed by atoms with Gasteiger partial charge in [0, 0.05) is 0 Å². The van der Waals surface area contributed by atoms with Crippen molar-refractivity contribution >= 4 is 0 Å². The molecule has 120 valence electrons. The molecule has 1 unspecified atom stereocenters. The summed E-state index contributed by atoms with van der Waals surface area (Å²) in [6.45, 7) is 14.2. The fourth-order valence-electron chi connectivity index (χ4n) is 2.05. The molecule has 0 bridgehead atoms. The molecule has 0 aliphatic rings. The van der Waals surface area contributed by atoms with Gasteiger partial charge in [-0.05, 0) is 73.1 Å². The van der Waals surface area contributed by atoms with Crippen molar-refractivity contribution in [1.29, 1.82) is 0 Å². The molecule has 21 heavy (non-hydrogen) atoms. The summed E-state index contributed by atoms with van der Waals surface area (Å²) >= 11 is 0. The number of rotatable bonds is 10. The average Bonchev–Trinajstić information content (AvgIpc) is 2.38. The van der Waals surface area contributed by atoms with Crippen molar-refractivity contribution in [3.63, 3.8) is 0 Å². The summed E-state index contributed by atoms with van der Waals surface area (Å²) in [5, 5.41) is 9.84. The minimum Gasteiger partial charge on any atom is -0.386 e. The van der Waals surface area contributed by atoms with Crippen LogP contribution in [0.5, 0.6) is 0 Å². The van der Waals surface area contributed by atoms with E-state index in [1.165, 1.54) is 16.7 Å². The molecule has 0 rings (SSSR count). The van der Waals surface area contributed by atoms with E-state index in [9.17, 15) is 5.11 Å². The molecule has 0 aromatic carbocycles. The Kier molecular flexibility index (Phi) is 10.1. The molecule has 0 saturated heterocycles. The van der Waals surface area contributed by atoms with Crippen LogP contribution in [0.4, 0.5) is 0 Å². The lowest BCUT2D eigenvalue weighted by Gasteiger charge is -2.16. The topological polar surface area (TPSA) is 20.2 Å². The van der Waals surface area contributed by atoms with Crippen LogP contribution in [0.15, 0.2) is 47.6 Å². The molecule has 0 amide bonds. The Hall–Kier alpha value is -1.08. The third-order valence-corrected chi connectivity index (χ3v) is 3.71. The van der Waals surface area contributed by atoms with E-state index in [1.54, 1.807) is 6.08 Å². The van der Waals surface area contributed by atoms with E-state index in [1.807, 2.05) is 6.92 Å². The van der Waals surface area contributed by atoms with Gasteiger partial charge in [0.25, 0.3) is 0 Å². The quantitative estimate of drug-likeness (QED) is 0.480. The van der Waals surface area contributed by atoms with E-state index in [-0.39, 0.29) is 0 Å². The van der Waals surface area contributed by atoms with Gasteiger partial charge in [0.15, 0.2) is 0 Å². The van der Waals surface area contributed by atoms with Crippen molar-refractivity contribution in [3.8, 4) is 0 Å². The lowest BCUT2D eigenvalue weighted by molar-refractivity contribution is 0.103. The molecular weight excluding hydrogens is 256 g/mol. The number of hydrogen-bond donors (Lipinski definition) is 1. The predicted octanol–water partition coefficient (Wildman–Crippen LogP) is 6.12. The number of allylic oxidation sites excluding steroid dienone is 6. The molecule has 0 fully saturated rings. The third-order valence-electron chi connectivity index (χ3n) is 3.71. The van der Waals surface area contributed by atoms with Gasteiger partial charge in [-0.25, -0.2) is 0 Å². The molecule has 1 heteroatoms. The summed E-state index contributed by atoms with van der Waals surface area (Å²) in [5.41, 5.74) is 3.55. The Bertz CT molecular complexity index is 390. The number of hydrogen-bond acceptors (Lipinski definition) is 1. The Morgan fingerprint density at radius 3 is 1.86 bits per heavy atom. The zero-order valence-electron chi connectivity index (χ0n) is 14.7. The monoisotopic (exact) mass is 290 g/mol. The summed E-state index contributed by atoms with van der Waals surface area (Å²) in [7, 11) is 0. The Labute approximate surface area is 132 Å². The maximum atomic E-state index is 9.84. The second kappa shape index (κ2) is 10.6. The smallest absolute Gasteiger partial charge is 0.0800 e. The van der Waals surface area contributed by atoms with E-state index in [4.69, 9.17) is 0 Å². The van der Waals surface area contributed by atoms with Crippen LogP contribution in [-0.2, 0) is 0 Å². The maximum absolute atomic E-state index is 9.84. The van der Waals surface area contributed by atoms with Crippen LogP contribution in [0.2, 0.25) is 0 Å². The van der Waals surface area contributed by atoms with E-state index >= 15 is 0 Å². The van der Waals surface area contributed by atoms with E-state index < -0.39 is 5.60 Å². The van der Waals surface area contributed by atoms with Gasteiger partial charge in [-0.15, -0.1) is 6.58 Å². The van der Waals surface area contributed by atoms with Crippen LogP contribution in [0.1, 0.15) is 73.1 Å². The molecule has 0 spiro atoms. The summed E-state index contributed by atoms with van der Waals surface area (Å²) in [4.78, 5) is 0. The highest BCUT2D eigenvalue weighted by Gasteiger charge is 2.13. The largest absolute Gasteiger partial charge is 0.386 e. The fourth-order valence-corrected chi connectivity index (χ4v) is 2.05. The van der Waals surface area contributed by atoms with Crippen LogP contribution in [0, 0.1) is 0 Å². The first-order valence-electron chi connectivity index (χ1n) is 8.07. The van der Waals surface area contributed by atoms with Gasteiger partial charge < -0.3 is 5.11 Å². The highest BCUT2D eigenvalue weighted by atomic mass is 16.3. The molecule has 0 aromatic rings. The molecule has 0 heterocycles. The lowest BCUT2D eigenvalue weighted by atomic mass is 9.99. The average molecular weight is 290 g/mol. The zero-order chi connectivity index (χ0) is 16.3. The van der Waals surface area contributed by atoms with Crippen molar-refractivity contribution < 1.29 is 5.11 Å². The van der Waals surface area contributed by atoms with Crippen LogP contribution >= 0.6 is 0 Å². The lowest BCUT2D eigenvalue weighted by Crippen LogP contribution is -2.19. The third kappa shape index (κ3) is 12.4. The normalized spacial score (nSPS) is 15.5. The van der Waals surface area contributed by atoms with E-state index in [0.717, 1.165) is 38.5 Å². The van der Waals surface area contributed by atoms with Crippen molar-refractivity contribution in [1.82, 2.24) is 0 Å². The van der Waals surface area contributed by atoms with Gasteiger partial charge in [-0.3, -0.25) is 0 Å². The van der Waals surface area contributed by atoms with Crippen LogP contribution in [-0.4, -0.2) is 10.7 Å². The van der Waals surface area contributed by atoms with Gasteiger partial charge in [0.05, 0.1) is 5.60 Å². The highest BCUT2D eigenvalue weighted by molar-refractivity contribution is 5.06. The maximum Gasteiger partial charge on any atom is 0.0800 e. The van der Waals surface area contributed by atoms with E-state index in [0.29, 0.717) is 0 Å². The second-order valence-corrected chi connectivity index (χ2v) is 6.56. The van der Waals surface area contributed by atoms with Gasteiger partial charge in [-0.1, -0.05) is 41.0 Å². The van der Waals surface area contributed by atoms with E-state index in [2.05, 4.69) is 52.5 Å². The predicted molar refractivity (Wildman–Crippen MR) is 95.5 cm³/mol. The first kappa shape index (κ1) is 19.9. The van der Waals surface area contributed by atoms with Gasteiger partial charge >= 0.3 is 0 Å². The molecule has 0 radical (unpaired) electrons. The van der Waals surface area contributed by atoms with Crippen LogP contribution in [0.25, 0.3) is 0 Å². The summed E-state index contributed by atoms with van der Waals surface area (Å²) in [5.74, 6) is 0. The Morgan fingerprint density at radius 1 is 0.905 bits per heavy atom. The van der Waals surface area contributed by atoms with Gasteiger partial charge in [0.1, 0.15) is 0 Å². The van der Waals surface area contributed by atoms with Crippen molar-refractivity contribution in [2.45, 2.75) is 78.7 Å². The Morgan fingerprint density at radius 2 is 1.38 bits per heavy atom. The minimum absolute atomic E-state index is 0.738. The molecule has 1 atom stereocenters. The standard InChI is InChI=1S/C20H34O/c1-7-20(6,21)16-10-15-19(5)14-9-13-18(4)12-8-11-17(2)3/h7,11,13,15,21H,1,8-10,12,14,16H2,2-6H3/b18-13?,19-15+. The molecule has 0 aliphatic carbocycles. The number of aliphatic hydroxyl groups is 1. The Balaban J connectivity index is 3.99. The highest BCUT2D eigenvalue weighted by Crippen LogP contribution is 2.16. The van der Waals surface area contributed by atoms with Gasteiger partial charge in [0.2, 0.25) is 0 Å². The van der Waals surface area contributed by atoms with Crippen LogP contribution < -0.4 is 0 Å². The molecule has 1 N–H and O–H groups in total. The summed E-state index contributed by atoms with van der Waals surface area (Å²) in [6.07, 6.45) is 14.7. The summed E-state index contributed by atoms with van der Waals surface area (Å²) in [6, 6.07) is 0. The zero-order valence-corrected chi connectivity index (χ0v) is 14.7.